The Kier molecular flexibility index (Phi) is 5.84. The van der Waals surface area contributed by atoms with Crippen LogP contribution >= 0.6 is 0 Å². The van der Waals surface area contributed by atoms with Crippen molar-refractivity contribution in [3.8, 4) is 0 Å². The summed E-state index contributed by atoms with van der Waals surface area (Å²) in [6.45, 7) is 7.45. The summed E-state index contributed by atoms with van der Waals surface area (Å²) in [5.41, 5.74) is 1.01. The zero-order valence-corrected chi connectivity index (χ0v) is 9.29. The Morgan fingerprint density at radius 3 is 2.29 bits per heavy atom. The topological polar surface area (TPSA) is 43.4 Å². The van der Waals surface area contributed by atoms with Crippen LogP contribution in [0, 0.1) is 5.92 Å². The van der Waals surface area contributed by atoms with Gasteiger partial charge in [-0.1, -0.05) is 13.8 Å². The molecule has 14 heavy (non-hydrogen) atoms. The Morgan fingerprint density at radius 2 is 1.86 bits per heavy atom. The van der Waals surface area contributed by atoms with Crippen molar-refractivity contribution >= 4 is 11.8 Å². The van der Waals surface area contributed by atoms with E-state index in [2.05, 4.69) is 13.8 Å². The van der Waals surface area contributed by atoms with Crippen molar-refractivity contribution in [1.82, 2.24) is 0 Å². The number of carbonyl (C=O) groups excluding carboxylic acids is 2. The Morgan fingerprint density at radius 1 is 1.29 bits per heavy atom. The molecule has 0 aliphatic carbocycles. The molecule has 0 amide bonds. The van der Waals surface area contributed by atoms with Crippen molar-refractivity contribution in [2.75, 3.05) is 0 Å². The molecule has 0 aromatic heterocycles. The van der Waals surface area contributed by atoms with Gasteiger partial charge in [-0.15, -0.1) is 0 Å². The van der Waals surface area contributed by atoms with Crippen LogP contribution in [0.2, 0.25) is 0 Å². The summed E-state index contributed by atoms with van der Waals surface area (Å²) in [5, 5.41) is 0. The Hall–Kier alpha value is -1.12. The highest BCUT2D eigenvalue weighted by atomic mass is 16.5. The molecule has 0 spiro atoms. The number of ether oxygens (including phenoxy) is 1. The van der Waals surface area contributed by atoms with Gasteiger partial charge in [-0.2, -0.15) is 0 Å². The van der Waals surface area contributed by atoms with E-state index >= 15 is 0 Å². The lowest BCUT2D eigenvalue weighted by Gasteiger charge is -2.04. The number of rotatable bonds is 5. The Balaban J connectivity index is 3.90. The van der Waals surface area contributed by atoms with Gasteiger partial charge in [0.25, 0.3) is 0 Å². The summed E-state index contributed by atoms with van der Waals surface area (Å²) in [7, 11) is 0. The zero-order valence-electron chi connectivity index (χ0n) is 9.29. The molecule has 80 valence electrons. The Labute approximate surface area is 85.1 Å². The van der Waals surface area contributed by atoms with E-state index in [1.165, 1.54) is 13.2 Å². The molecule has 0 aromatic carbocycles. The molecule has 0 fully saturated rings. The van der Waals surface area contributed by atoms with Gasteiger partial charge >= 0.3 is 5.97 Å². The minimum Gasteiger partial charge on any atom is -0.434 e. The van der Waals surface area contributed by atoms with Crippen LogP contribution in [0.1, 0.15) is 40.5 Å². The van der Waals surface area contributed by atoms with Crippen LogP contribution < -0.4 is 0 Å². The van der Waals surface area contributed by atoms with Crippen molar-refractivity contribution < 1.29 is 14.3 Å². The van der Waals surface area contributed by atoms with Gasteiger partial charge in [0, 0.05) is 0 Å². The summed E-state index contributed by atoms with van der Waals surface area (Å²) in [6.07, 6.45) is 2.18. The van der Waals surface area contributed by atoms with E-state index in [4.69, 9.17) is 4.74 Å². The minimum absolute atomic E-state index is 0.147. The second-order valence-corrected chi connectivity index (χ2v) is 3.93. The maximum absolute atomic E-state index is 11.0. The number of carbonyl (C=O) groups is 2. The summed E-state index contributed by atoms with van der Waals surface area (Å²) >= 11 is 0. The molecule has 0 aliphatic heterocycles. The quantitative estimate of drug-likeness (QED) is 0.387. The lowest BCUT2D eigenvalue weighted by Crippen LogP contribution is -2.05. The van der Waals surface area contributed by atoms with Crippen molar-refractivity contribution in [2.45, 2.75) is 40.5 Å². The number of esters is 1. The number of hydrogen-bond acceptors (Lipinski definition) is 3. The van der Waals surface area contributed by atoms with Gasteiger partial charge in [0.1, 0.15) is 12.2 Å². The predicted octanol–water partition coefficient (Wildman–Crippen LogP) is 2.46. The van der Waals surface area contributed by atoms with E-state index < -0.39 is 5.97 Å². The molecule has 3 heteroatoms. The minimum atomic E-state index is -0.486. The first kappa shape index (κ1) is 12.9. The first-order valence-electron chi connectivity index (χ1n) is 4.76. The zero-order chi connectivity index (χ0) is 11.1. The molecule has 0 rings (SSSR count). The van der Waals surface area contributed by atoms with Gasteiger partial charge in [0.15, 0.2) is 0 Å². The molecule has 0 saturated carbocycles. The molecule has 0 saturated heterocycles. The van der Waals surface area contributed by atoms with Crippen molar-refractivity contribution in [1.29, 1.82) is 0 Å². The first-order valence-corrected chi connectivity index (χ1v) is 4.76. The molecule has 0 aliphatic rings. The van der Waals surface area contributed by atoms with Gasteiger partial charge in [-0.05, 0) is 31.8 Å². The first-order chi connectivity index (χ1) is 6.41. The van der Waals surface area contributed by atoms with Gasteiger partial charge in [-0.25, -0.2) is 0 Å². The number of allylic oxidation sites excluding steroid dienone is 1. The monoisotopic (exact) mass is 198 g/mol. The number of Topliss-reactive ketones (excluding diaryl/α,β-unsaturated/α-hetero) is 1. The average Bonchev–Trinajstić information content (AvgIpc) is 1.98. The molecule has 0 N–H and O–H groups in total. The van der Waals surface area contributed by atoms with Crippen LogP contribution in [-0.4, -0.2) is 11.8 Å². The van der Waals surface area contributed by atoms with Crippen LogP contribution in [-0.2, 0) is 14.3 Å². The summed E-state index contributed by atoms with van der Waals surface area (Å²) in [5.74, 6) is -0.122. The molecular weight excluding hydrogens is 180 g/mol. The molecule has 0 bridgehead atoms. The molecule has 0 radical (unpaired) electrons. The van der Waals surface area contributed by atoms with Crippen molar-refractivity contribution in [3.63, 3.8) is 0 Å². The fourth-order valence-corrected chi connectivity index (χ4v) is 1.10. The van der Waals surface area contributed by atoms with Crippen molar-refractivity contribution in [2.24, 2.45) is 5.92 Å². The van der Waals surface area contributed by atoms with E-state index in [9.17, 15) is 9.59 Å². The van der Waals surface area contributed by atoms with Crippen LogP contribution in [0.5, 0.6) is 0 Å². The van der Waals surface area contributed by atoms with Gasteiger partial charge in [0.05, 0.1) is 6.26 Å². The van der Waals surface area contributed by atoms with E-state index in [-0.39, 0.29) is 12.2 Å². The Bertz CT molecular complexity index is 239. The van der Waals surface area contributed by atoms with E-state index in [0.29, 0.717) is 5.92 Å². The average molecular weight is 198 g/mol. The highest BCUT2D eigenvalue weighted by Crippen LogP contribution is 2.09. The molecular formula is C11H18O3. The fraction of sp³-hybridized carbons (Fsp3) is 0.636. The van der Waals surface area contributed by atoms with Crippen molar-refractivity contribution in [3.05, 3.63) is 11.8 Å². The molecule has 0 unspecified atom stereocenters. The van der Waals surface area contributed by atoms with Crippen LogP contribution in [0.3, 0.4) is 0 Å². The molecule has 0 heterocycles. The van der Waals surface area contributed by atoms with Crippen LogP contribution in [0.4, 0.5) is 0 Å². The van der Waals surface area contributed by atoms with Gasteiger partial charge in [0.2, 0.25) is 0 Å². The lowest BCUT2D eigenvalue weighted by atomic mass is 10.1. The third kappa shape index (κ3) is 7.53. The van der Waals surface area contributed by atoms with E-state index in [0.717, 1.165) is 12.0 Å². The highest BCUT2D eigenvalue weighted by molar-refractivity contribution is 5.94. The highest BCUT2D eigenvalue weighted by Gasteiger charge is 2.05. The van der Waals surface area contributed by atoms with Crippen LogP contribution in [0.25, 0.3) is 0 Å². The smallest absolute Gasteiger partial charge is 0.318 e. The summed E-state index contributed by atoms with van der Waals surface area (Å²) < 4.78 is 4.79. The third-order valence-corrected chi connectivity index (χ3v) is 1.52. The maximum atomic E-state index is 11.0. The number of hydrogen-bond donors (Lipinski definition) is 0. The van der Waals surface area contributed by atoms with E-state index in [1.54, 1.807) is 0 Å². The second kappa shape index (κ2) is 6.35. The van der Waals surface area contributed by atoms with Gasteiger partial charge in [-0.3, -0.25) is 9.59 Å². The van der Waals surface area contributed by atoms with E-state index in [1.807, 2.05) is 6.92 Å². The SMILES string of the molecule is CC(=O)CC(=O)OC=C(C)CC(C)C. The normalized spacial score (nSPS) is 11.6. The summed E-state index contributed by atoms with van der Waals surface area (Å²) in [4.78, 5) is 21.5. The predicted molar refractivity (Wildman–Crippen MR) is 54.6 cm³/mol. The van der Waals surface area contributed by atoms with Gasteiger partial charge < -0.3 is 4.74 Å². The molecule has 0 aromatic rings. The number of ketones is 1. The maximum Gasteiger partial charge on any atom is 0.318 e. The molecule has 3 nitrogen and oxygen atoms in total. The lowest BCUT2D eigenvalue weighted by molar-refractivity contribution is -0.140. The second-order valence-electron chi connectivity index (χ2n) is 3.93. The standard InChI is InChI=1S/C11H18O3/c1-8(2)5-9(3)7-14-11(13)6-10(4)12/h7-8H,5-6H2,1-4H3. The fourth-order valence-electron chi connectivity index (χ4n) is 1.10. The van der Waals surface area contributed by atoms with Crippen LogP contribution in [0.15, 0.2) is 11.8 Å². The largest absolute Gasteiger partial charge is 0.434 e. The third-order valence-electron chi connectivity index (χ3n) is 1.52. The summed E-state index contributed by atoms with van der Waals surface area (Å²) in [6, 6.07) is 0. The molecule has 0 atom stereocenters.